The van der Waals surface area contributed by atoms with Crippen LogP contribution in [-0.2, 0) is 6.54 Å². The molecule has 118 valence electrons. The molecule has 0 bridgehead atoms. The van der Waals surface area contributed by atoms with E-state index >= 15 is 0 Å². The lowest BCUT2D eigenvalue weighted by molar-refractivity contribution is 0.0116. The summed E-state index contributed by atoms with van der Waals surface area (Å²) in [6.07, 6.45) is 9.50. The van der Waals surface area contributed by atoms with Gasteiger partial charge in [-0.15, -0.1) is 0 Å². The molecule has 21 heavy (non-hydrogen) atoms. The summed E-state index contributed by atoms with van der Waals surface area (Å²) in [5.41, 5.74) is 0. The highest BCUT2D eigenvalue weighted by atomic mass is 16.3. The third-order valence-corrected chi connectivity index (χ3v) is 5.08. The third kappa shape index (κ3) is 3.87. The first-order valence-electron chi connectivity index (χ1n) is 8.48. The van der Waals surface area contributed by atoms with E-state index in [2.05, 4.69) is 15.9 Å². The molecule has 1 unspecified atom stereocenters. The van der Waals surface area contributed by atoms with Gasteiger partial charge in [-0.1, -0.05) is 19.3 Å². The Morgan fingerprint density at radius 3 is 2.76 bits per heavy atom. The summed E-state index contributed by atoms with van der Waals surface area (Å²) in [7, 11) is 0. The van der Waals surface area contributed by atoms with E-state index in [9.17, 15) is 5.11 Å². The number of hydrogen-bond acceptors (Lipinski definition) is 4. The molecule has 0 spiro atoms. The quantitative estimate of drug-likeness (QED) is 0.905. The molecular weight excluding hydrogens is 264 g/mol. The van der Waals surface area contributed by atoms with Gasteiger partial charge in [0.05, 0.1) is 12.8 Å². The number of nitrogens with zero attached hydrogens (tertiary/aromatic N) is 2. The minimum atomic E-state index is 0.294. The molecule has 1 aliphatic heterocycles. The molecule has 4 heteroatoms. The van der Waals surface area contributed by atoms with Gasteiger partial charge in [0.15, 0.2) is 0 Å². The van der Waals surface area contributed by atoms with Crippen LogP contribution in [0, 0.1) is 0 Å². The molecule has 3 rings (SSSR count). The van der Waals surface area contributed by atoms with Crippen LogP contribution in [0.15, 0.2) is 22.8 Å². The van der Waals surface area contributed by atoms with Gasteiger partial charge in [0.25, 0.3) is 0 Å². The van der Waals surface area contributed by atoms with Crippen LogP contribution in [0.4, 0.5) is 0 Å². The molecule has 4 nitrogen and oxygen atoms in total. The Morgan fingerprint density at radius 1 is 1.19 bits per heavy atom. The highest BCUT2D eigenvalue weighted by Crippen LogP contribution is 2.27. The number of aliphatic hydroxyl groups excluding tert-OH is 1. The van der Waals surface area contributed by atoms with Crippen molar-refractivity contribution in [2.75, 3.05) is 26.2 Å². The van der Waals surface area contributed by atoms with Crippen molar-refractivity contribution in [3.8, 4) is 0 Å². The molecule has 0 amide bonds. The molecule has 1 aliphatic carbocycles. The summed E-state index contributed by atoms with van der Waals surface area (Å²) >= 11 is 0. The second-order valence-electron chi connectivity index (χ2n) is 6.51. The van der Waals surface area contributed by atoms with Crippen LogP contribution in [0.25, 0.3) is 0 Å². The Bertz CT molecular complexity index is 401. The van der Waals surface area contributed by atoms with E-state index in [0.29, 0.717) is 12.6 Å². The van der Waals surface area contributed by atoms with Crippen molar-refractivity contribution in [2.24, 2.45) is 0 Å². The second kappa shape index (κ2) is 7.43. The highest BCUT2D eigenvalue weighted by Gasteiger charge is 2.32. The van der Waals surface area contributed by atoms with Crippen molar-refractivity contribution < 1.29 is 9.52 Å². The Morgan fingerprint density at radius 2 is 2.05 bits per heavy atom. The van der Waals surface area contributed by atoms with E-state index in [1.807, 2.05) is 6.07 Å². The van der Waals surface area contributed by atoms with Crippen molar-refractivity contribution in [1.82, 2.24) is 9.80 Å². The molecule has 1 saturated carbocycles. The molecule has 2 heterocycles. The van der Waals surface area contributed by atoms with E-state index < -0.39 is 0 Å². The molecule has 1 atom stereocenters. The smallest absolute Gasteiger partial charge is 0.117 e. The molecule has 1 aromatic rings. The number of piperazine rings is 1. The maximum atomic E-state index is 9.41. The van der Waals surface area contributed by atoms with E-state index in [-0.39, 0.29) is 0 Å². The van der Waals surface area contributed by atoms with E-state index in [0.717, 1.165) is 44.4 Å². The van der Waals surface area contributed by atoms with Gasteiger partial charge in [0, 0.05) is 38.3 Å². The van der Waals surface area contributed by atoms with Gasteiger partial charge in [-0.3, -0.25) is 9.80 Å². The van der Waals surface area contributed by atoms with Gasteiger partial charge in [-0.2, -0.15) is 0 Å². The first-order valence-corrected chi connectivity index (χ1v) is 8.48. The molecule has 0 radical (unpaired) electrons. The summed E-state index contributed by atoms with van der Waals surface area (Å²) in [6, 6.07) is 5.26. The van der Waals surface area contributed by atoms with Crippen LogP contribution in [0.1, 0.15) is 44.3 Å². The van der Waals surface area contributed by atoms with Crippen LogP contribution in [0.3, 0.4) is 0 Å². The molecule has 0 aromatic carbocycles. The van der Waals surface area contributed by atoms with Crippen LogP contribution in [0.5, 0.6) is 0 Å². The summed E-state index contributed by atoms with van der Waals surface area (Å²) in [4.78, 5) is 5.16. The first kappa shape index (κ1) is 15.1. The molecule has 1 N–H and O–H groups in total. The third-order valence-electron chi connectivity index (χ3n) is 5.08. The largest absolute Gasteiger partial charge is 0.468 e. The molecule has 2 fully saturated rings. The number of hydrogen-bond donors (Lipinski definition) is 1. The van der Waals surface area contributed by atoms with Crippen LogP contribution < -0.4 is 0 Å². The Balaban J connectivity index is 1.59. The van der Waals surface area contributed by atoms with E-state index in [1.165, 1.54) is 32.1 Å². The van der Waals surface area contributed by atoms with Gasteiger partial charge in [-0.05, 0) is 31.4 Å². The molecular formula is C17H28N2O2. The van der Waals surface area contributed by atoms with Gasteiger partial charge in [0.2, 0.25) is 0 Å². The average Bonchev–Trinajstić information content (AvgIpc) is 3.02. The van der Waals surface area contributed by atoms with Crippen molar-refractivity contribution >= 4 is 0 Å². The first-order chi connectivity index (χ1) is 10.4. The number of rotatable bonds is 5. The fourth-order valence-corrected chi connectivity index (χ4v) is 4.00. The standard InChI is InChI=1S/C17H28N2O2/c20-11-8-16-13-18(14-17-7-4-12-21-17)9-10-19(16)15-5-2-1-3-6-15/h4,7,12,15-16,20H,1-3,5-6,8-11,13-14H2. The van der Waals surface area contributed by atoms with Crippen molar-refractivity contribution in [2.45, 2.75) is 57.2 Å². The minimum Gasteiger partial charge on any atom is -0.468 e. The van der Waals surface area contributed by atoms with E-state index in [1.54, 1.807) is 6.26 Å². The van der Waals surface area contributed by atoms with Gasteiger partial charge >= 0.3 is 0 Å². The zero-order valence-corrected chi connectivity index (χ0v) is 12.9. The lowest BCUT2D eigenvalue weighted by Gasteiger charge is -2.46. The second-order valence-corrected chi connectivity index (χ2v) is 6.51. The topological polar surface area (TPSA) is 39.9 Å². The molecule has 1 aromatic heterocycles. The normalized spacial score (nSPS) is 26.2. The zero-order valence-electron chi connectivity index (χ0n) is 12.9. The molecule has 2 aliphatic rings. The van der Waals surface area contributed by atoms with Crippen molar-refractivity contribution in [1.29, 1.82) is 0 Å². The van der Waals surface area contributed by atoms with Crippen molar-refractivity contribution in [3.63, 3.8) is 0 Å². The monoisotopic (exact) mass is 292 g/mol. The van der Waals surface area contributed by atoms with Gasteiger partial charge in [-0.25, -0.2) is 0 Å². The minimum absolute atomic E-state index is 0.294. The van der Waals surface area contributed by atoms with E-state index in [4.69, 9.17) is 4.42 Å². The van der Waals surface area contributed by atoms with Gasteiger partial charge in [0.1, 0.15) is 5.76 Å². The molecule has 1 saturated heterocycles. The van der Waals surface area contributed by atoms with Crippen LogP contribution in [0.2, 0.25) is 0 Å². The number of furan rings is 1. The Hall–Kier alpha value is -0.840. The number of aliphatic hydroxyl groups is 1. The summed E-state index contributed by atoms with van der Waals surface area (Å²) in [5.74, 6) is 1.05. The van der Waals surface area contributed by atoms with Gasteiger partial charge < -0.3 is 9.52 Å². The summed E-state index contributed by atoms with van der Waals surface area (Å²) in [6.45, 7) is 4.49. The highest BCUT2D eigenvalue weighted by molar-refractivity contribution is 4.99. The lowest BCUT2D eigenvalue weighted by atomic mass is 9.92. The Labute approximate surface area is 127 Å². The summed E-state index contributed by atoms with van der Waals surface area (Å²) in [5, 5.41) is 9.41. The Kier molecular flexibility index (Phi) is 5.33. The zero-order chi connectivity index (χ0) is 14.5. The van der Waals surface area contributed by atoms with Crippen molar-refractivity contribution in [3.05, 3.63) is 24.2 Å². The fraction of sp³-hybridized carbons (Fsp3) is 0.765. The predicted octanol–water partition coefficient (Wildman–Crippen LogP) is 2.48. The average molecular weight is 292 g/mol. The van der Waals surface area contributed by atoms with Crippen LogP contribution in [-0.4, -0.2) is 53.2 Å². The SMILES string of the molecule is OCCC1CN(Cc2ccco2)CCN1C1CCCCC1. The maximum absolute atomic E-state index is 9.41. The fourth-order valence-electron chi connectivity index (χ4n) is 4.00. The van der Waals surface area contributed by atoms with Crippen LogP contribution >= 0.6 is 0 Å². The predicted molar refractivity (Wildman–Crippen MR) is 83.1 cm³/mol. The lowest BCUT2D eigenvalue weighted by Crippen LogP contribution is -2.56. The summed E-state index contributed by atoms with van der Waals surface area (Å²) < 4.78 is 5.47. The maximum Gasteiger partial charge on any atom is 0.117 e.